The number of nitrogens with one attached hydrogen (secondary N) is 1. The van der Waals surface area contributed by atoms with Gasteiger partial charge in [-0.3, -0.25) is 9.88 Å². The third-order valence-corrected chi connectivity index (χ3v) is 6.76. The van der Waals surface area contributed by atoms with Gasteiger partial charge in [0.1, 0.15) is 0 Å². The molecule has 1 spiro atoms. The van der Waals surface area contributed by atoms with E-state index in [-0.39, 0.29) is 6.10 Å². The molecule has 3 fully saturated rings. The molecule has 3 heterocycles. The molecule has 25 heavy (non-hydrogen) atoms. The van der Waals surface area contributed by atoms with Gasteiger partial charge in [0.15, 0.2) is 0 Å². The highest BCUT2D eigenvalue weighted by Gasteiger charge is 2.38. The van der Waals surface area contributed by atoms with Crippen LogP contribution in [0.4, 0.5) is 5.69 Å². The maximum Gasteiger partial charge on any atom is 0.0841 e. The summed E-state index contributed by atoms with van der Waals surface area (Å²) < 4.78 is 0. The highest BCUT2D eigenvalue weighted by Crippen LogP contribution is 2.44. The summed E-state index contributed by atoms with van der Waals surface area (Å²) >= 11 is 0. The third kappa shape index (κ3) is 3.99. The normalized spacial score (nSPS) is 28.8. The molecule has 2 aliphatic heterocycles. The Morgan fingerprint density at radius 3 is 2.44 bits per heavy atom. The van der Waals surface area contributed by atoms with Gasteiger partial charge in [-0.25, -0.2) is 0 Å². The number of nitrogens with zero attached hydrogens (tertiary/aromatic N) is 3. The van der Waals surface area contributed by atoms with E-state index in [0.29, 0.717) is 11.5 Å². The van der Waals surface area contributed by atoms with Crippen molar-refractivity contribution >= 4 is 5.69 Å². The highest BCUT2D eigenvalue weighted by molar-refractivity contribution is 5.44. The minimum Gasteiger partial charge on any atom is -0.390 e. The number of aliphatic hydroxyl groups excluding tert-OH is 1. The Labute approximate surface area is 151 Å². The van der Waals surface area contributed by atoms with Crippen LogP contribution in [-0.2, 0) is 0 Å². The quantitative estimate of drug-likeness (QED) is 0.858. The summed E-state index contributed by atoms with van der Waals surface area (Å²) in [6.45, 7) is 6.00. The maximum absolute atomic E-state index is 10.6. The monoisotopic (exact) mass is 344 g/mol. The van der Waals surface area contributed by atoms with E-state index in [1.54, 1.807) is 0 Å². The van der Waals surface area contributed by atoms with Crippen LogP contribution in [0.5, 0.6) is 0 Å². The fourth-order valence-electron chi connectivity index (χ4n) is 5.17. The first-order valence-electron chi connectivity index (χ1n) is 10.0. The average molecular weight is 345 g/mol. The van der Waals surface area contributed by atoms with Crippen LogP contribution < -0.4 is 10.2 Å². The lowest BCUT2D eigenvalue weighted by molar-refractivity contribution is 0.0467. The Balaban J connectivity index is 1.36. The van der Waals surface area contributed by atoms with Gasteiger partial charge in [-0.05, 0) is 69.2 Å². The van der Waals surface area contributed by atoms with Crippen molar-refractivity contribution in [3.8, 4) is 0 Å². The van der Waals surface area contributed by atoms with E-state index in [4.69, 9.17) is 0 Å². The summed E-state index contributed by atoms with van der Waals surface area (Å²) in [5.41, 5.74) is 1.79. The average Bonchev–Trinajstić information content (AvgIpc) is 2.85. The molecule has 2 saturated heterocycles. The van der Waals surface area contributed by atoms with Gasteiger partial charge in [0.25, 0.3) is 0 Å². The molecule has 0 amide bonds. The molecule has 138 valence electrons. The van der Waals surface area contributed by atoms with E-state index in [2.05, 4.69) is 20.1 Å². The Morgan fingerprint density at radius 2 is 1.72 bits per heavy atom. The standard InChI is InChI=1S/C20H32N4O/c25-19-15-23(13-14-24(16-19)18-3-9-21-10-4-18)17-1-5-20(6-2-17)7-11-22-12-8-20/h3-4,9-10,17,19,22,25H,1-2,5-8,11-16H2/t19-/m1/s1. The van der Waals surface area contributed by atoms with Gasteiger partial charge in [0.2, 0.25) is 0 Å². The molecule has 1 aromatic rings. The summed E-state index contributed by atoms with van der Waals surface area (Å²) in [5.74, 6) is 0. The van der Waals surface area contributed by atoms with E-state index < -0.39 is 0 Å². The molecule has 0 bridgehead atoms. The van der Waals surface area contributed by atoms with E-state index in [1.165, 1.54) is 57.3 Å². The molecule has 5 heteroatoms. The Bertz CT molecular complexity index is 536. The first-order chi connectivity index (χ1) is 12.2. The number of anilines is 1. The van der Waals surface area contributed by atoms with Crippen molar-refractivity contribution < 1.29 is 5.11 Å². The molecule has 4 rings (SSSR count). The van der Waals surface area contributed by atoms with Crippen molar-refractivity contribution in [1.82, 2.24) is 15.2 Å². The number of piperidine rings is 1. The molecule has 5 nitrogen and oxygen atoms in total. The van der Waals surface area contributed by atoms with Gasteiger partial charge in [0.05, 0.1) is 6.10 Å². The predicted molar refractivity (Wildman–Crippen MR) is 101 cm³/mol. The van der Waals surface area contributed by atoms with Crippen LogP contribution in [0.25, 0.3) is 0 Å². The first-order valence-corrected chi connectivity index (χ1v) is 10.0. The smallest absolute Gasteiger partial charge is 0.0841 e. The molecule has 1 atom stereocenters. The van der Waals surface area contributed by atoms with Crippen LogP contribution in [0.2, 0.25) is 0 Å². The number of β-amino-alcohol motifs (C(OH)–C–C–N with tert-alkyl or cyclic N) is 1. The zero-order chi connectivity index (χ0) is 17.1. The summed E-state index contributed by atoms with van der Waals surface area (Å²) in [6.07, 6.45) is 11.5. The van der Waals surface area contributed by atoms with E-state index in [1.807, 2.05) is 24.5 Å². The number of aromatic nitrogens is 1. The predicted octanol–water partition coefficient (Wildman–Crippen LogP) is 1.88. The second kappa shape index (κ2) is 7.60. The summed E-state index contributed by atoms with van der Waals surface area (Å²) in [7, 11) is 0. The van der Waals surface area contributed by atoms with Gasteiger partial charge < -0.3 is 15.3 Å². The molecule has 1 aromatic heterocycles. The Morgan fingerprint density at radius 1 is 1.00 bits per heavy atom. The summed E-state index contributed by atoms with van der Waals surface area (Å²) in [6, 6.07) is 4.75. The van der Waals surface area contributed by atoms with Gasteiger partial charge in [0, 0.05) is 50.3 Å². The molecule has 1 aliphatic carbocycles. The Kier molecular flexibility index (Phi) is 5.25. The largest absolute Gasteiger partial charge is 0.390 e. The fourth-order valence-corrected chi connectivity index (χ4v) is 5.17. The molecule has 3 aliphatic rings. The van der Waals surface area contributed by atoms with Crippen molar-refractivity contribution in [2.45, 2.75) is 50.7 Å². The SMILES string of the molecule is O[C@H]1CN(c2ccncc2)CCN(C2CCC3(CCNCC3)CC2)C1. The molecule has 2 N–H and O–H groups in total. The van der Waals surface area contributed by atoms with Crippen LogP contribution in [0.1, 0.15) is 38.5 Å². The van der Waals surface area contributed by atoms with Crippen molar-refractivity contribution in [2.24, 2.45) is 5.41 Å². The van der Waals surface area contributed by atoms with Crippen molar-refractivity contribution in [3.63, 3.8) is 0 Å². The van der Waals surface area contributed by atoms with Crippen molar-refractivity contribution in [1.29, 1.82) is 0 Å². The van der Waals surface area contributed by atoms with E-state index >= 15 is 0 Å². The number of pyridine rings is 1. The molecule has 1 saturated carbocycles. The second-order valence-corrected chi connectivity index (χ2v) is 8.28. The number of hydrogen-bond acceptors (Lipinski definition) is 5. The van der Waals surface area contributed by atoms with Crippen LogP contribution in [-0.4, -0.2) is 66.4 Å². The zero-order valence-corrected chi connectivity index (χ0v) is 15.2. The van der Waals surface area contributed by atoms with Crippen LogP contribution in [0, 0.1) is 5.41 Å². The minimum absolute atomic E-state index is 0.273. The first kappa shape index (κ1) is 17.3. The number of rotatable bonds is 2. The lowest BCUT2D eigenvalue weighted by atomic mass is 9.67. The molecule has 0 aromatic carbocycles. The molecule has 0 radical (unpaired) electrons. The van der Waals surface area contributed by atoms with Gasteiger partial charge in [-0.15, -0.1) is 0 Å². The summed E-state index contributed by atoms with van der Waals surface area (Å²) in [5, 5.41) is 14.1. The maximum atomic E-state index is 10.6. The van der Waals surface area contributed by atoms with Gasteiger partial charge in [-0.2, -0.15) is 0 Å². The van der Waals surface area contributed by atoms with Gasteiger partial charge in [-0.1, -0.05) is 0 Å². The lowest BCUT2D eigenvalue weighted by Crippen LogP contribution is -2.46. The molecule has 0 unspecified atom stereocenters. The van der Waals surface area contributed by atoms with Crippen LogP contribution in [0.15, 0.2) is 24.5 Å². The molecular weight excluding hydrogens is 312 g/mol. The number of hydrogen-bond donors (Lipinski definition) is 2. The minimum atomic E-state index is -0.273. The highest BCUT2D eigenvalue weighted by atomic mass is 16.3. The third-order valence-electron chi connectivity index (χ3n) is 6.76. The van der Waals surface area contributed by atoms with E-state index in [9.17, 15) is 5.11 Å². The molecular formula is C20H32N4O. The van der Waals surface area contributed by atoms with Crippen molar-refractivity contribution in [3.05, 3.63) is 24.5 Å². The lowest BCUT2D eigenvalue weighted by Gasteiger charge is -2.45. The number of aliphatic hydroxyl groups is 1. The second-order valence-electron chi connectivity index (χ2n) is 8.28. The van der Waals surface area contributed by atoms with E-state index in [0.717, 1.165) is 26.2 Å². The fraction of sp³-hybridized carbons (Fsp3) is 0.750. The van der Waals surface area contributed by atoms with Crippen molar-refractivity contribution in [2.75, 3.05) is 44.2 Å². The zero-order valence-electron chi connectivity index (χ0n) is 15.2. The Hall–Kier alpha value is -1.17. The summed E-state index contributed by atoms with van der Waals surface area (Å²) in [4.78, 5) is 8.99. The van der Waals surface area contributed by atoms with Crippen LogP contribution in [0.3, 0.4) is 0 Å². The van der Waals surface area contributed by atoms with Gasteiger partial charge >= 0.3 is 0 Å². The topological polar surface area (TPSA) is 51.6 Å². The van der Waals surface area contributed by atoms with Crippen LogP contribution >= 0.6 is 0 Å².